The first-order chi connectivity index (χ1) is 12.5. The van der Waals surface area contributed by atoms with Gasteiger partial charge in [-0.3, -0.25) is 4.79 Å². The Labute approximate surface area is 153 Å². The Kier molecular flexibility index (Phi) is 6.84. The minimum atomic E-state index is -0.508. The van der Waals surface area contributed by atoms with Crippen molar-refractivity contribution >= 4 is 29.7 Å². The van der Waals surface area contributed by atoms with Crippen LogP contribution in [0, 0.1) is 0 Å². The number of rotatable bonds is 8. The second-order valence-corrected chi connectivity index (χ2v) is 5.55. The van der Waals surface area contributed by atoms with Crippen molar-refractivity contribution in [2.24, 2.45) is 5.10 Å². The molecule has 2 rings (SSSR count). The Morgan fingerprint density at radius 3 is 2.12 bits per heavy atom. The van der Waals surface area contributed by atoms with E-state index in [1.807, 2.05) is 57.1 Å². The Morgan fingerprint density at radius 1 is 1.04 bits per heavy atom. The molecule has 1 aromatic heterocycles. The fourth-order valence-electron chi connectivity index (χ4n) is 2.03. The Morgan fingerprint density at radius 2 is 1.62 bits per heavy atom. The van der Waals surface area contributed by atoms with E-state index in [1.54, 1.807) is 6.21 Å². The first-order valence-electron chi connectivity index (χ1n) is 8.38. The van der Waals surface area contributed by atoms with Gasteiger partial charge in [0, 0.05) is 32.9 Å². The maximum absolute atomic E-state index is 12.3. The third-order valence-corrected chi connectivity index (χ3v) is 3.30. The minimum absolute atomic E-state index is 0.00740. The van der Waals surface area contributed by atoms with Crippen molar-refractivity contribution in [2.75, 3.05) is 42.7 Å². The maximum atomic E-state index is 12.3. The van der Waals surface area contributed by atoms with E-state index in [2.05, 4.69) is 36.1 Å². The van der Waals surface area contributed by atoms with Gasteiger partial charge in [0.05, 0.1) is 6.21 Å². The van der Waals surface area contributed by atoms with Crippen molar-refractivity contribution in [1.29, 1.82) is 0 Å². The lowest BCUT2D eigenvalue weighted by atomic mass is 10.2. The van der Waals surface area contributed by atoms with Gasteiger partial charge in [-0.05, 0) is 31.5 Å². The summed E-state index contributed by atoms with van der Waals surface area (Å²) < 4.78 is 0. The van der Waals surface area contributed by atoms with Crippen LogP contribution in [-0.2, 0) is 0 Å². The molecule has 0 unspecified atom stereocenters. The lowest BCUT2D eigenvalue weighted by Crippen LogP contribution is -2.22. The Hall–Kier alpha value is -3.23. The van der Waals surface area contributed by atoms with E-state index in [0.717, 1.165) is 11.3 Å². The van der Waals surface area contributed by atoms with Gasteiger partial charge in [-0.1, -0.05) is 12.1 Å². The van der Waals surface area contributed by atoms with Gasteiger partial charge in [0.25, 0.3) is 0 Å². The molecule has 0 saturated carbocycles. The van der Waals surface area contributed by atoms with Crippen LogP contribution in [0.3, 0.4) is 0 Å². The average Bonchev–Trinajstić information content (AvgIpc) is 2.62. The van der Waals surface area contributed by atoms with Crippen LogP contribution >= 0.6 is 0 Å². The summed E-state index contributed by atoms with van der Waals surface area (Å²) in [4.78, 5) is 26.6. The number of carbonyl (C=O) groups excluding carboxylic acids is 1. The normalized spacial score (nSPS) is 10.6. The number of hydrogen-bond donors (Lipinski definition) is 3. The fraction of sp³-hybridized carbons (Fsp3) is 0.353. The highest BCUT2D eigenvalue weighted by atomic mass is 16.2. The molecular formula is C17H24N8O. The van der Waals surface area contributed by atoms with E-state index in [0.29, 0.717) is 25.0 Å². The molecule has 1 aromatic carbocycles. The lowest BCUT2D eigenvalue weighted by molar-refractivity contribution is 0.0944. The lowest BCUT2D eigenvalue weighted by Gasteiger charge is -2.11. The molecule has 1 amide bonds. The van der Waals surface area contributed by atoms with Gasteiger partial charge in [0.15, 0.2) is 0 Å². The zero-order valence-electron chi connectivity index (χ0n) is 15.4. The number of hydrazone groups is 1. The van der Waals surface area contributed by atoms with E-state index in [-0.39, 0.29) is 5.82 Å². The van der Waals surface area contributed by atoms with Gasteiger partial charge in [-0.2, -0.15) is 20.1 Å². The largest absolute Gasteiger partial charge is 0.378 e. The Bertz CT molecular complexity index is 734. The van der Waals surface area contributed by atoms with Gasteiger partial charge in [0.2, 0.25) is 17.7 Å². The van der Waals surface area contributed by atoms with Crippen molar-refractivity contribution in [3.8, 4) is 0 Å². The number of benzene rings is 1. The van der Waals surface area contributed by atoms with E-state index >= 15 is 0 Å². The minimum Gasteiger partial charge on any atom is -0.378 e. The quantitative estimate of drug-likeness (QED) is 0.487. The summed E-state index contributed by atoms with van der Waals surface area (Å²) in [7, 11) is 3.95. The van der Waals surface area contributed by atoms with Crippen molar-refractivity contribution < 1.29 is 4.79 Å². The van der Waals surface area contributed by atoms with E-state index < -0.39 is 5.91 Å². The van der Waals surface area contributed by atoms with Crippen LogP contribution in [0.5, 0.6) is 0 Å². The molecule has 0 radical (unpaired) electrons. The van der Waals surface area contributed by atoms with E-state index in [4.69, 9.17) is 0 Å². The summed E-state index contributed by atoms with van der Waals surface area (Å²) in [6, 6.07) is 7.78. The highest BCUT2D eigenvalue weighted by molar-refractivity contribution is 5.92. The highest BCUT2D eigenvalue weighted by Crippen LogP contribution is 2.11. The number of nitrogens with zero attached hydrogens (tertiary/aromatic N) is 5. The number of aromatic nitrogens is 3. The zero-order valence-corrected chi connectivity index (χ0v) is 15.4. The molecule has 0 spiro atoms. The van der Waals surface area contributed by atoms with Crippen LogP contribution in [-0.4, -0.2) is 54.3 Å². The number of nitrogens with one attached hydrogen (secondary N) is 3. The molecule has 0 atom stereocenters. The molecule has 138 valence electrons. The summed E-state index contributed by atoms with van der Waals surface area (Å²) in [5.41, 5.74) is 4.39. The molecule has 3 N–H and O–H groups in total. The molecule has 9 nitrogen and oxygen atoms in total. The molecule has 0 fully saturated rings. The number of hydrogen-bond acceptors (Lipinski definition) is 8. The summed E-state index contributed by atoms with van der Waals surface area (Å²) in [6.07, 6.45) is 1.56. The first kappa shape index (κ1) is 19.1. The smallest absolute Gasteiger partial charge is 0.309 e. The Balaban J connectivity index is 2.06. The van der Waals surface area contributed by atoms with Crippen molar-refractivity contribution in [3.63, 3.8) is 0 Å². The van der Waals surface area contributed by atoms with Gasteiger partial charge in [-0.15, -0.1) is 0 Å². The molecule has 9 heteroatoms. The predicted molar refractivity (Wildman–Crippen MR) is 104 cm³/mol. The molecular weight excluding hydrogens is 332 g/mol. The highest BCUT2D eigenvalue weighted by Gasteiger charge is 2.12. The van der Waals surface area contributed by atoms with Crippen LogP contribution < -0.4 is 21.0 Å². The molecule has 2 aromatic rings. The van der Waals surface area contributed by atoms with Gasteiger partial charge < -0.3 is 15.5 Å². The standard InChI is InChI=1S/C17H24N8O/c1-5-18-16-21-14(22-17(23-16)19-6-2)15(26)24-20-11-12-7-9-13(10-8-12)25(3)4/h7-11H,5-6H2,1-4H3,(H,24,26)(H2,18,19,21,22,23). The SMILES string of the molecule is CCNc1nc(NCC)nc(C(=O)NN=Cc2ccc(N(C)C)cc2)n1. The van der Waals surface area contributed by atoms with Crippen LogP contribution in [0.2, 0.25) is 0 Å². The van der Waals surface area contributed by atoms with Crippen LogP contribution in [0.1, 0.15) is 30.0 Å². The maximum Gasteiger partial charge on any atom is 0.309 e. The topological polar surface area (TPSA) is 107 Å². The van der Waals surface area contributed by atoms with Crippen molar-refractivity contribution in [2.45, 2.75) is 13.8 Å². The van der Waals surface area contributed by atoms with Crippen LogP contribution in [0.15, 0.2) is 29.4 Å². The predicted octanol–water partition coefficient (Wildman–Crippen LogP) is 1.57. The van der Waals surface area contributed by atoms with Crippen LogP contribution in [0.25, 0.3) is 0 Å². The molecule has 0 aliphatic rings. The molecule has 0 aliphatic carbocycles. The van der Waals surface area contributed by atoms with Crippen LogP contribution in [0.4, 0.5) is 17.6 Å². The molecule has 26 heavy (non-hydrogen) atoms. The van der Waals surface area contributed by atoms with Gasteiger partial charge in [-0.25, -0.2) is 5.43 Å². The summed E-state index contributed by atoms with van der Waals surface area (Å²) >= 11 is 0. The number of carbonyl (C=O) groups is 1. The third kappa shape index (κ3) is 5.40. The molecule has 0 bridgehead atoms. The van der Waals surface area contributed by atoms with E-state index in [9.17, 15) is 4.79 Å². The average molecular weight is 356 g/mol. The fourth-order valence-corrected chi connectivity index (χ4v) is 2.03. The number of amides is 1. The summed E-state index contributed by atoms with van der Waals surface area (Å²) in [6.45, 7) is 5.11. The van der Waals surface area contributed by atoms with Crippen molar-refractivity contribution in [1.82, 2.24) is 20.4 Å². The van der Waals surface area contributed by atoms with Crippen molar-refractivity contribution in [3.05, 3.63) is 35.7 Å². The van der Waals surface area contributed by atoms with E-state index in [1.165, 1.54) is 0 Å². The molecule has 0 saturated heterocycles. The second-order valence-electron chi connectivity index (χ2n) is 5.55. The first-order valence-corrected chi connectivity index (χ1v) is 8.38. The van der Waals surface area contributed by atoms with Gasteiger partial charge in [0.1, 0.15) is 0 Å². The monoisotopic (exact) mass is 356 g/mol. The second kappa shape index (κ2) is 9.30. The summed E-state index contributed by atoms with van der Waals surface area (Å²) in [5.74, 6) is 0.164. The number of anilines is 3. The molecule has 1 heterocycles. The molecule has 0 aliphatic heterocycles. The van der Waals surface area contributed by atoms with Gasteiger partial charge >= 0.3 is 5.91 Å². The third-order valence-electron chi connectivity index (χ3n) is 3.30. The zero-order chi connectivity index (χ0) is 18.9. The summed E-state index contributed by atoms with van der Waals surface area (Å²) in [5, 5.41) is 9.91.